The van der Waals surface area contributed by atoms with Crippen LogP contribution in [0.15, 0.2) is 24.3 Å². The molecule has 1 aromatic rings. The first kappa shape index (κ1) is 13.2. The van der Waals surface area contributed by atoms with E-state index in [1.54, 1.807) is 19.2 Å². The minimum absolute atomic E-state index is 0.0558. The van der Waals surface area contributed by atoms with Crippen LogP contribution >= 0.6 is 0 Å². The Morgan fingerprint density at radius 3 is 2.95 bits per heavy atom. The van der Waals surface area contributed by atoms with Gasteiger partial charge >= 0.3 is 6.03 Å². The van der Waals surface area contributed by atoms with Gasteiger partial charge in [0.1, 0.15) is 5.75 Å². The Balaban J connectivity index is 1.96. The third kappa shape index (κ3) is 3.16. The van der Waals surface area contributed by atoms with Crippen molar-refractivity contribution in [3.63, 3.8) is 0 Å². The van der Waals surface area contributed by atoms with Gasteiger partial charge in [0.25, 0.3) is 0 Å². The molecular formula is C14H17N3O2. The summed E-state index contributed by atoms with van der Waals surface area (Å²) in [6, 6.07) is 9.10. The Kier molecular flexibility index (Phi) is 4.24. The van der Waals surface area contributed by atoms with Crippen LogP contribution in [0.2, 0.25) is 0 Å². The molecule has 0 radical (unpaired) electrons. The molecule has 1 saturated carbocycles. The van der Waals surface area contributed by atoms with Crippen LogP contribution in [0.5, 0.6) is 5.75 Å². The molecule has 1 aromatic carbocycles. The first-order valence-corrected chi connectivity index (χ1v) is 6.34. The van der Waals surface area contributed by atoms with Crippen molar-refractivity contribution in [2.45, 2.75) is 25.3 Å². The highest BCUT2D eigenvalue weighted by Crippen LogP contribution is 2.26. The molecule has 5 nitrogen and oxygen atoms in total. The number of carbonyl (C=O) groups excluding carboxylic acids is 1. The van der Waals surface area contributed by atoms with Crippen LogP contribution in [0.1, 0.15) is 19.3 Å². The summed E-state index contributed by atoms with van der Waals surface area (Å²) >= 11 is 0. The topological polar surface area (TPSA) is 74.2 Å². The molecule has 2 amide bonds. The molecule has 0 saturated heterocycles. The van der Waals surface area contributed by atoms with Crippen molar-refractivity contribution in [2.24, 2.45) is 5.92 Å². The largest absolute Gasteiger partial charge is 0.495 e. The fourth-order valence-electron chi connectivity index (χ4n) is 2.36. The predicted molar refractivity (Wildman–Crippen MR) is 71.9 cm³/mol. The van der Waals surface area contributed by atoms with Crippen LogP contribution < -0.4 is 15.4 Å². The zero-order valence-electron chi connectivity index (χ0n) is 10.8. The molecule has 19 heavy (non-hydrogen) atoms. The van der Waals surface area contributed by atoms with Gasteiger partial charge in [-0.15, -0.1) is 0 Å². The molecule has 1 aliphatic carbocycles. The highest BCUT2D eigenvalue weighted by molar-refractivity contribution is 5.91. The third-order valence-electron chi connectivity index (χ3n) is 3.35. The number of methoxy groups -OCH3 is 1. The van der Waals surface area contributed by atoms with E-state index in [0.29, 0.717) is 11.4 Å². The number of nitriles is 1. The molecule has 0 aromatic heterocycles. The van der Waals surface area contributed by atoms with Gasteiger partial charge in [-0.25, -0.2) is 4.79 Å². The highest BCUT2D eigenvalue weighted by Gasteiger charge is 2.28. The first-order valence-electron chi connectivity index (χ1n) is 6.34. The second kappa shape index (κ2) is 6.10. The molecule has 100 valence electrons. The number of para-hydroxylation sites is 2. The normalized spacial score (nSPS) is 21.5. The molecule has 1 aliphatic rings. The predicted octanol–water partition coefficient (Wildman–Crippen LogP) is 2.51. The Labute approximate surface area is 112 Å². The van der Waals surface area contributed by atoms with Crippen molar-refractivity contribution in [3.8, 4) is 11.8 Å². The Morgan fingerprint density at radius 1 is 1.42 bits per heavy atom. The Hall–Kier alpha value is -2.22. The van der Waals surface area contributed by atoms with Gasteiger partial charge in [0.2, 0.25) is 0 Å². The molecule has 2 unspecified atom stereocenters. The van der Waals surface area contributed by atoms with Crippen molar-refractivity contribution in [1.82, 2.24) is 5.32 Å². The van der Waals surface area contributed by atoms with Crippen LogP contribution in [-0.4, -0.2) is 19.2 Å². The van der Waals surface area contributed by atoms with Gasteiger partial charge in [0, 0.05) is 6.04 Å². The number of nitrogens with one attached hydrogen (secondary N) is 2. The number of rotatable bonds is 3. The summed E-state index contributed by atoms with van der Waals surface area (Å²) < 4.78 is 5.16. The van der Waals surface area contributed by atoms with E-state index in [-0.39, 0.29) is 18.0 Å². The van der Waals surface area contributed by atoms with Crippen molar-refractivity contribution >= 4 is 11.7 Å². The van der Waals surface area contributed by atoms with Gasteiger partial charge < -0.3 is 15.4 Å². The summed E-state index contributed by atoms with van der Waals surface area (Å²) in [5.74, 6) is 0.532. The third-order valence-corrected chi connectivity index (χ3v) is 3.35. The Morgan fingerprint density at radius 2 is 2.21 bits per heavy atom. The number of urea groups is 1. The Bertz CT molecular complexity index is 496. The maximum absolute atomic E-state index is 11.9. The van der Waals surface area contributed by atoms with Gasteiger partial charge in [0.05, 0.1) is 24.8 Å². The smallest absolute Gasteiger partial charge is 0.319 e. The number of carbonyl (C=O) groups is 1. The summed E-state index contributed by atoms with van der Waals surface area (Å²) in [5, 5.41) is 14.6. The molecule has 1 fully saturated rings. The van der Waals surface area contributed by atoms with Crippen LogP contribution in [-0.2, 0) is 0 Å². The summed E-state index contributed by atoms with van der Waals surface area (Å²) in [7, 11) is 1.56. The van der Waals surface area contributed by atoms with Crippen molar-refractivity contribution in [3.05, 3.63) is 24.3 Å². The van der Waals surface area contributed by atoms with E-state index >= 15 is 0 Å². The molecule has 0 heterocycles. The van der Waals surface area contributed by atoms with E-state index in [0.717, 1.165) is 19.3 Å². The van der Waals surface area contributed by atoms with Crippen molar-refractivity contribution in [2.75, 3.05) is 12.4 Å². The SMILES string of the molecule is COc1ccccc1NC(=O)NC1CCCC1C#N. The lowest BCUT2D eigenvalue weighted by atomic mass is 10.1. The van der Waals surface area contributed by atoms with E-state index in [1.165, 1.54) is 0 Å². The van der Waals surface area contributed by atoms with Gasteiger partial charge in [-0.05, 0) is 31.4 Å². The second-order valence-corrected chi connectivity index (χ2v) is 4.57. The summed E-state index contributed by atoms with van der Waals surface area (Å²) in [5.41, 5.74) is 0.619. The average molecular weight is 259 g/mol. The fourth-order valence-corrected chi connectivity index (χ4v) is 2.36. The number of anilines is 1. The molecular weight excluding hydrogens is 242 g/mol. The van der Waals surface area contributed by atoms with E-state index in [1.807, 2.05) is 12.1 Å². The van der Waals surface area contributed by atoms with Crippen molar-refractivity contribution < 1.29 is 9.53 Å². The standard InChI is InChI=1S/C14H17N3O2/c1-19-13-8-3-2-6-12(13)17-14(18)16-11-7-4-5-10(11)9-15/h2-3,6,8,10-11H,4-5,7H2,1H3,(H2,16,17,18). The van der Waals surface area contributed by atoms with Gasteiger partial charge in [0.15, 0.2) is 0 Å². The van der Waals surface area contributed by atoms with Crippen LogP contribution in [0.25, 0.3) is 0 Å². The number of amides is 2. The zero-order valence-corrected chi connectivity index (χ0v) is 10.8. The molecule has 2 rings (SSSR count). The molecule has 2 N–H and O–H groups in total. The quantitative estimate of drug-likeness (QED) is 0.875. The lowest BCUT2D eigenvalue weighted by Gasteiger charge is -2.17. The fraction of sp³-hybridized carbons (Fsp3) is 0.429. The number of ether oxygens (including phenoxy) is 1. The lowest BCUT2D eigenvalue weighted by Crippen LogP contribution is -2.39. The summed E-state index contributed by atoms with van der Waals surface area (Å²) in [4.78, 5) is 11.9. The van der Waals surface area contributed by atoms with Gasteiger partial charge in [-0.1, -0.05) is 12.1 Å². The maximum Gasteiger partial charge on any atom is 0.319 e. The summed E-state index contributed by atoms with van der Waals surface area (Å²) in [6.07, 6.45) is 2.70. The molecule has 5 heteroatoms. The lowest BCUT2D eigenvalue weighted by molar-refractivity contribution is 0.247. The highest BCUT2D eigenvalue weighted by atomic mass is 16.5. The number of hydrogen-bond donors (Lipinski definition) is 2. The van der Waals surface area contributed by atoms with Crippen molar-refractivity contribution in [1.29, 1.82) is 5.26 Å². The number of hydrogen-bond acceptors (Lipinski definition) is 3. The monoisotopic (exact) mass is 259 g/mol. The minimum Gasteiger partial charge on any atom is -0.495 e. The van der Waals surface area contributed by atoms with Gasteiger partial charge in [-0.2, -0.15) is 5.26 Å². The minimum atomic E-state index is -0.295. The van der Waals surface area contributed by atoms with Crippen LogP contribution in [0.4, 0.5) is 10.5 Å². The first-order chi connectivity index (χ1) is 9.24. The molecule has 0 aliphatic heterocycles. The zero-order chi connectivity index (χ0) is 13.7. The average Bonchev–Trinajstić information content (AvgIpc) is 2.86. The maximum atomic E-state index is 11.9. The van der Waals surface area contributed by atoms with E-state index < -0.39 is 0 Å². The van der Waals surface area contributed by atoms with Gasteiger partial charge in [-0.3, -0.25) is 0 Å². The van der Waals surface area contributed by atoms with E-state index in [4.69, 9.17) is 10.00 Å². The molecule has 0 bridgehead atoms. The second-order valence-electron chi connectivity index (χ2n) is 4.57. The summed E-state index contributed by atoms with van der Waals surface area (Å²) in [6.45, 7) is 0. The van der Waals surface area contributed by atoms with E-state index in [2.05, 4.69) is 16.7 Å². The van der Waals surface area contributed by atoms with Crippen LogP contribution in [0, 0.1) is 17.2 Å². The molecule has 2 atom stereocenters. The number of benzene rings is 1. The molecule has 0 spiro atoms. The van der Waals surface area contributed by atoms with E-state index in [9.17, 15) is 4.79 Å². The van der Waals surface area contributed by atoms with Crippen LogP contribution in [0.3, 0.4) is 0 Å². The number of nitrogens with zero attached hydrogens (tertiary/aromatic N) is 1.